The lowest BCUT2D eigenvalue weighted by Gasteiger charge is -2.12. The second kappa shape index (κ2) is 5.59. The molecule has 2 rings (SSSR count). The number of sulfonamides is 1. The summed E-state index contributed by atoms with van der Waals surface area (Å²) in [5.41, 5.74) is 0.953. The fraction of sp³-hybridized carbons (Fsp3) is 0.538. The quantitative estimate of drug-likeness (QED) is 0.925. The average Bonchev–Trinajstić information content (AvgIpc) is 2.78. The predicted octanol–water partition coefficient (Wildman–Crippen LogP) is 3.12. The first-order valence-corrected chi connectivity index (χ1v) is 8.11. The van der Waals surface area contributed by atoms with Crippen LogP contribution in [0.25, 0.3) is 0 Å². The number of halogens is 1. The van der Waals surface area contributed by atoms with Gasteiger partial charge in [0.05, 0.1) is 5.02 Å². The smallest absolute Gasteiger partial charge is 0.211 e. The Labute approximate surface area is 114 Å². The zero-order chi connectivity index (χ0) is 13.2. The lowest BCUT2D eigenvalue weighted by atomic mass is 10.1. The zero-order valence-electron chi connectivity index (χ0n) is 10.4. The van der Waals surface area contributed by atoms with E-state index in [9.17, 15) is 8.42 Å². The van der Waals surface area contributed by atoms with Gasteiger partial charge in [-0.05, 0) is 43.4 Å². The summed E-state index contributed by atoms with van der Waals surface area (Å²) in [6.45, 7) is 2.40. The fourth-order valence-electron chi connectivity index (χ4n) is 2.34. The van der Waals surface area contributed by atoms with Gasteiger partial charge in [-0.3, -0.25) is 0 Å². The van der Waals surface area contributed by atoms with Gasteiger partial charge in [0, 0.05) is 6.54 Å². The molecule has 0 unspecified atom stereocenters. The molecule has 1 N–H and O–H groups in total. The Morgan fingerprint density at radius 2 is 2.00 bits per heavy atom. The van der Waals surface area contributed by atoms with Gasteiger partial charge in [0.2, 0.25) is 10.0 Å². The molecule has 1 aliphatic carbocycles. The predicted molar refractivity (Wildman–Crippen MR) is 73.3 cm³/mol. The molecule has 100 valence electrons. The van der Waals surface area contributed by atoms with E-state index in [1.54, 1.807) is 18.2 Å². The van der Waals surface area contributed by atoms with E-state index < -0.39 is 10.0 Å². The van der Waals surface area contributed by atoms with Gasteiger partial charge in [0.1, 0.15) is 4.90 Å². The summed E-state index contributed by atoms with van der Waals surface area (Å²) in [7, 11) is -3.48. The van der Waals surface area contributed by atoms with Crippen LogP contribution >= 0.6 is 11.6 Å². The maximum absolute atomic E-state index is 12.1. The molecule has 0 aromatic heterocycles. The Hall–Kier alpha value is -0.580. The summed E-state index contributed by atoms with van der Waals surface area (Å²) in [4.78, 5) is 0.174. The number of rotatable bonds is 4. The third kappa shape index (κ3) is 3.25. The van der Waals surface area contributed by atoms with Crippen LogP contribution in [-0.2, 0) is 10.0 Å². The number of aryl methyl sites for hydroxylation is 1. The maximum atomic E-state index is 12.1. The summed E-state index contributed by atoms with van der Waals surface area (Å²) >= 11 is 5.99. The third-order valence-electron chi connectivity index (χ3n) is 3.41. The normalized spacial score (nSPS) is 17.2. The van der Waals surface area contributed by atoms with E-state index in [4.69, 9.17) is 11.6 Å². The van der Waals surface area contributed by atoms with Crippen molar-refractivity contribution in [3.8, 4) is 0 Å². The van der Waals surface area contributed by atoms with Gasteiger partial charge >= 0.3 is 0 Å². The average molecular weight is 288 g/mol. The highest BCUT2D eigenvalue weighted by molar-refractivity contribution is 7.89. The van der Waals surface area contributed by atoms with Crippen LogP contribution in [0, 0.1) is 12.8 Å². The molecule has 1 aromatic carbocycles. The summed E-state index contributed by atoms with van der Waals surface area (Å²) < 4.78 is 26.9. The first-order valence-electron chi connectivity index (χ1n) is 6.25. The number of nitrogens with one attached hydrogen (secondary N) is 1. The van der Waals surface area contributed by atoms with Crippen LogP contribution in [0.2, 0.25) is 5.02 Å². The molecule has 0 atom stereocenters. The van der Waals surface area contributed by atoms with Crippen LogP contribution in [-0.4, -0.2) is 15.0 Å². The van der Waals surface area contributed by atoms with Crippen LogP contribution in [0.1, 0.15) is 31.2 Å². The molecule has 0 spiro atoms. The summed E-state index contributed by atoms with van der Waals surface area (Å²) in [5, 5.41) is 0.286. The summed E-state index contributed by atoms with van der Waals surface area (Å²) in [6, 6.07) is 5.00. The number of hydrogen-bond acceptors (Lipinski definition) is 2. The van der Waals surface area contributed by atoms with Crippen LogP contribution in [0.3, 0.4) is 0 Å². The van der Waals surface area contributed by atoms with E-state index in [2.05, 4.69) is 4.72 Å². The van der Waals surface area contributed by atoms with Gasteiger partial charge in [-0.2, -0.15) is 0 Å². The monoisotopic (exact) mass is 287 g/mol. The molecule has 1 aliphatic rings. The lowest BCUT2D eigenvalue weighted by Crippen LogP contribution is -2.28. The molecule has 1 saturated carbocycles. The third-order valence-corrected chi connectivity index (χ3v) is 5.32. The topological polar surface area (TPSA) is 46.2 Å². The number of hydrogen-bond donors (Lipinski definition) is 1. The van der Waals surface area contributed by atoms with Gasteiger partial charge in [0.15, 0.2) is 0 Å². The standard InChI is InChI=1S/C13H18ClNO2S/c1-10-6-7-13(12(14)8-10)18(16,17)15-9-11-4-2-3-5-11/h6-8,11,15H,2-5,9H2,1H3. The Bertz CT molecular complexity index is 522. The first-order chi connectivity index (χ1) is 8.49. The molecule has 0 aliphatic heterocycles. The zero-order valence-corrected chi connectivity index (χ0v) is 12.0. The van der Waals surface area contributed by atoms with Crippen molar-refractivity contribution >= 4 is 21.6 Å². The first kappa shape index (κ1) is 13.8. The van der Waals surface area contributed by atoms with Crippen molar-refractivity contribution in [2.24, 2.45) is 5.92 Å². The van der Waals surface area contributed by atoms with Gasteiger partial charge in [0.25, 0.3) is 0 Å². The maximum Gasteiger partial charge on any atom is 0.242 e. The Kier molecular flexibility index (Phi) is 4.30. The second-order valence-corrected chi connectivity index (χ2v) is 7.08. The van der Waals surface area contributed by atoms with E-state index in [-0.39, 0.29) is 9.92 Å². The van der Waals surface area contributed by atoms with Crippen LogP contribution in [0.15, 0.2) is 23.1 Å². The van der Waals surface area contributed by atoms with Crippen LogP contribution < -0.4 is 4.72 Å². The van der Waals surface area contributed by atoms with Crippen molar-refractivity contribution in [3.63, 3.8) is 0 Å². The largest absolute Gasteiger partial charge is 0.242 e. The minimum Gasteiger partial charge on any atom is -0.211 e. The highest BCUT2D eigenvalue weighted by Gasteiger charge is 2.21. The van der Waals surface area contributed by atoms with Crippen LogP contribution in [0.4, 0.5) is 0 Å². The Morgan fingerprint density at radius 1 is 1.33 bits per heavy atom. The van der Waals surface area contributed by atoms with Gasteiger partial charge in [-0.15, -0.1) is 0 Å². The minimum absolute atomic E-state index is 0.174. The molecule has 5 heteroatoms. The molecular weight excluding hydrogens is 270 g/mol. The van der Waals surface area contributed by atoms with Crippen molar-refractivity contribution in [1.82, 2.24) is 4.72 Å². The molecule has 0 bridgehead atoms. The molecule has 3 nitrogen and oxygen atoms in total. The highest BCUT2D eigenvalue weighted by Crippen LogP contribution is 2.26. The molecule has 18 heavy (non-hydrogen) atoms. The van der Waals surface area contributed by atoms with E-state index in [1.165, 1.54) is 12.8 Å². The minimum atomic E-state index is -3.48. The van der Waals surface area contributed by atoms with Gasteiger partial charge in [-0.25, -0.2) is 13.1 Å². The molecular formula is C13H18ClNO2S. The van der Waals surface area contributed by atoms with E-state index in [1.807, 2.05) is 6.92 Å². The molecule has 0 saturated heterocycles. The highest BCUT2D eigenvalue weighted by atomic mass is 35.5. The van der Waals surface area contributed by atoms with Crippen molar-refractivity contribution in [2.45, 2.75) is 37.5 Å². The van der Waals surface area contributed by atoms with E-state index >= 15 is 0 Å². The Balaban J connectivity index is 2.09. The molecule has 0 heterocycles. The van der Waals surface area contributed by atoms with Crippen LogP contribution in [0.5, 0.6) is 0 Å². The fourth-order valence-corrected chi connectivity index (χ4v) is 4.06. The molecule has 1 fully saturated rings. The molecule has 0 radical (unpaired) electrons. The number of benzene rings is 1. The molecule has 1 aromatic rings. The van der Waals surface area contributed by atoms with Crippen molar-refractivity contribution < 1.29 is 8.42 Å². The SMILES string of the molecule is Cc1ccc(S(=O)(=O)NCC2CCCC2)c(Cl)c1. The van der Waals surface area contributed by atoms with Crippen molar-refractivity contribution in [1.29, 1.82) is 0 Å². The lowest BCUT2D eigenvalue weighted by molar-refractivity contribution is 0.519. The summed E-state index contributed by atoms with van der Waals surface area (Å²) in [5.74, 6) is 0.476. The van der Waals surface area contributed by atoms with Gasteiger partial charge < -0.3 is 0 Å². The van der Waals surface area contributed by atoms with Gasteiger partial charge in [-0.1, -0.05) is 30.5 Å². The molecule has 0 amide bonds. The second-order valence-electron chi connectivity index (χ2n) is 4.94. The van der Waals surface area contributed by atoms with Crippen molar-refractivity contribution in [3.05, 3.63) is 28.8 Å². The van der Waals surface area contributed by atoms with E-state index in [0.717, 1.165) is 18.4 Å². The summed E-state index contributed by atoms with van der Waals surface area (Å²) in [6.07, 6.45) is 4.64. The van der Waals surface area contributed by atoms with E-state index in [0.29, 0.717) is 12.5 Å². The van der Waals surface area contributed by atoms with Crippen molar-refractivity contribution in [2.75, 3.05) is 6.54 Å². The Morgan fingerprint density at radius 3 is 2.61 bits per heavy atom.